The first-order valence-electron chi connectivity index (χ1n) is 9.14. The lowest BCUT2D eigenvalue weighted by Crippen LogP contribution is -2.35. The van der Waals surface area contributed by atoms with Crippen molar-refractivity contribution in [2.45, 2.75) is 58.2 Å². The van der Waals surface area contributed by atoms with Gasteiger partial charge in [-0.25, -0.2) is 0 Å². The van der Waals surface area contributed by atoms with Crippen molar-refractivity contribution in [3.63, 3.8) is 0 Å². The Morgan fingerprint density at radius 2 is 1.96 bits per heavy atom. The lowest BCUT2D eigenvalue weighted by molar-refractivity contribution is 0.0611. The summed E-state index contributed by atoms with van der Waals surface area (Å²) in [4.78, 5) is 12.3. The maximum Gasteiger partial charge on any atom is 0.174 e. The Balaban J connectivity index is 1.63. The van der Waals surface area contributed by atoms with E-state index in [0.29, 0.717) is 11.5 Å². The van der Waals surface area contributed by atoms with Crippen LogP contribution in [-0.4, -0.2) is 22.6 Å². The second-order valence-corrected chi connectivity index (χ2v) is 7.58. The van der Waals surface area contributed by atoms with E-state index in [9.17, 15) is 9.90 Å². The van der Waals surface area contributed by atoms with Crippen molar-refractivity contribution in [3.8, 4) is 17.2 Å². The van der Waals surface area contributed by atoms with E-state index in [1.54, 1.807) is 6.07 Å². The van der Waals surface area contributed by atoms with Crippen LogP contribution >= 0.6 is 0 Å². The minimum atomic E-state index is -0.573. The van der Waals surface area contributed by atoms with Crippen LogP contribution < -0.4 is 9.47 Å². The van der Waals surface area contributed by atoms with E-state index in [2.05, 4.69) is 12.1 Å². The van der Waals surface area contributed by atoms with Crippen LogP contribution in [0.3, 0.4) is 0 Å². The Kier molecular flexibility index (Phi) is 5.21. The number of hydrogen-bond acceptors (Lipinski definition) is 4. The lowest BCUT2D eigenvalue weighted by atomic mass is 9.92. The first kappa shape index (κ1) is 18.3. The molecule has 0 bridgehead atoms. The Hall–Kier alpha value is -2.49. The molecule has 4 heteroatoms. The van der Waals surface area contributed by atoms with E-state index >= 15 is 0 Å². The largest absolute Gasteiger partial charge is 0.507 e. The van der Waals surface area contributed by atoms with Gasteiger partial charge in [-0.1, -0.05) is 30.3 Å². The number of carbonyl (C=O) groups is 1. The highest BCUT2D eigenvalue weighted by atomic mass is 16.5. The number of phenolic OH excluding ortho intramolecular Hbond substituents is 1. The van der Waals surface area contributed by atoms with Gasteiger partial charge in [0, 0.05) is 12.1 Å². The quantitative estimate of drug-likeness (QED) is 0.799. The fourth-order valence-electron chi connectivity index (χ4n) is 3.34. The van der Waals surface area contributed by atoms with E-state index in [1.165, 1.54) is 11.6 Å². The van der Waals surface area contributed by atoms with E-state index in [-0.39, 0.29) is 29.6 Å². The zero-order valence-electron chi connectivity index (χ0n) is 15.6. The van der Waals surface area contributed by atoms with Crippen LogP contribution in [0, 0.1) is 0 Å². The van der Waals surface area contributed by atoms with Crippen LogP contribution in [-0.2, 0) is 6.42 Å². The third-order valence-corrected chi connectivity index (χ3v) is 4.56. The minimum Gasteiger partial charge on any atom is -0.507 e. The SMILES string of the molecule is CC(CCCc1ccccc1)Oc1cc(O)c2c(c1)OC(C)(C)CC2=O. The van der Waals surface area contributed by atoms with Crippen molar-refractivity contribution in [3.05, 3.63) is 53.6 Å². The van der Waals surface area contributed by atoms with Gasteiger partial charge >= 0.3 is 0 Å². The molecule has 0 aromatic heterocycles. The summed E-state index contributed by atoms with van der Waals surface area (Å²) in [7, 11) is 0. The van der Waals surface area contributed by atoms with Gasteiger partial charge in [0.05, 0.1) is 12.5 Å². The zero-order valence-corrected chi connectivity index (χ0v) is 15.6. The first-order chi connectivity index (χ1) is 12.3. The van der Waals surface area contributed by atoms with Crippen LogP contribution in [0.25, 0.3) is 0 Å². The number of aryl methyl sites for hydroxylation is 1. The summed E-state index contributed by atoms with van der Waals surface area (Å²) in [6.45, 7) is 5.74. The molecule has 3 rings (SSSR count). The molecule has 0 saturated heterocycles. The number of aromatic hydroxyl groups is 1. The second kappa shape index (κ2) is 7.40. The van der Waals surface area contributed by atoms with Gasteiger partial charge in [-0.15, -0.1) is 0 Å². The maximum absolute atomic E-state index is 12.3. The molecule has 26 heavy (non-hydrogen) atoms. The molecular weight excluding hydrogens is 328 g/mol. The van der Waals surface area contributed by atoms with Gasteiger partial charge in [0.25, 0.3) is 0 Å². The predicted molar refractivity (Wildman–Crippen MR) is 101 cm³/mol. The van der Waals surface area contributed by atoms with Gasteiger partial charge in [0.15, 0.2) is 5.78 Å². The topological polar surface area (TPSA) is 55.8 Å². The molecule has 1 aliphatic rings. The molecule has 1 unspecified atom stereocenters. The molecule has 0 aliphatic carbocycles. The molecule has 1 N–H and O–H groups in total. The summed E-state index contributed by atoms with van der Waals surface area (Å²) in [6, 6.07) is 13.6. The average Bonchev–Trinajstić information content (AvgIpc) is 2.53. The van der Waals surface area contributed by atoms with Crippen LogP contribution in [0.2, 0.25) is 0 Å². The summed E-state index contributed by atoms with van der Waals surface area (Å²) in [5.41, 5.74) is 1.00. The average molecular weight is 354 g/mol. The standard InChI is InChI=1S/C22H26O4/c1-15(8-7-11-16-9-5-4-6-10-16)25-17-12-18(23)21-19(24)14-22(2,3)26-20(21)13-17/h4-6,9-10,12-13,15,23H,7-8,11,14H2,1-3H3. The first-order valence-corrected chi connectivity index (χ1v) is 9.14. The molecule has 138 valence electrons. The fraction of sp³-hybridized carbons (Fsp3) is 0.409. The normalized spacial score (nSPS) is 16.5. The number of phenols is 1. The van der Waals surface area contributed by atoms with E-state index in [4.69, 9.17) is 9.47 Å². The minimum absolute atomic E-state index is 0.00321. The van der Waals surface area contributed by atoms with Crippen LogP contribution in [0.15, 0.2) is 42.5 Å². The van der Waals surface area contributed by atoms with Crippen molar-refractivity contribution in [2.24, 2.45) is 0 Å². The number of ketones is 1. The summed E-state index contributed by atoms with van der Waals surface area (Å²) >= 11 is 0. The molecule has 1 atom stereocenters. The van der Waals surface area contributed by atoms with Gasteiger partial charge in [-0.2, -0.15) is 0 Å². The van der Waals surface area contributed by atoms with Crippen molar-refractivity contribution in [1.29, 1.82) is 0 Å². The van der Waals surface area contributed by atoms with Crippen molar-refractivity contribution in [2.75, 3.05) is 0 Å². The zero-order chi connectivity index (χ0) is 18.7. The number of Topliss-reactive ketones (excluding diaryl/α,β-unsaturated/α-hetero) is 1. The monoisotopic (exact) mass is 354 g/mol. The Bertz CT molecular complexity index is 780. The predicted octanol–water partition coefficient (Wildman–Crippen LogP) is 4.93. The molecule has 0 amide bonds. The van der Waals surface area contributed by atoms with Crippen LogP contribution in [0.5, 0.6) is 17.2 Å². The Morgan fingerprint density at radius 1 is 1.23 bits per heavy atom. The second-order valence-electron chi connectivity index (χ2n) is 7.58. The molecule has 2 aromatic carbocycles. The Morgan fingerprint density at radius 3 is 2.69 bits per heavy atom. The van der Waals surface area contributed by atoms with E-state index < -0.39 is 5.60 Å². The van der Waals surface area contributed by atoms with Gasteiger partial charge in [-0.05, 0) is 45.6 Å². The van der Waals surface area contributed by atoms with Crippen LogP contribution in [0.4, 0.5) is 0 Å². The molecule has 2 aromatic rings. The number of fused-ring (bicyclic) bond motifs is 1. The van der Waals surface area contributed by atoms with E-state index in [0.717, 1.165) is 19.3 Å². The lowest BCUT2D eigenvalue weighted by Gasteiger charge is -2.32. The maximum atomic E-state index is 12.3. The van der Waals surface area contributed by atoms with Crippen LogP contribution in [0.1, 0.15) is 56.0 Å². The Labute approximate surface area is 154 Å². The fourth-order valence-corrected chi connectivity index (χ4v) is 3.34. The summed E-state index contributed by atoms with van der Waals surface area (Å²) in [5.74, 6) is 0.752. The number of rotatable bonds is 6. The van der Waals surface area contributed by atoms with Crippen molar-refractivity contribution in [1.82, 2.24) is 0 Å². The molecule has 0 radical (unpaired) electrons. The molecular formula is C22H26O4. The number of benzene rings is 2. The van der Waals surface area contributed by atoms with Gasteiger partial charge < -0.3 is 14.6 Å². The third kappa shape index (κ3) is 4.37. The number of ether oxygens (including phenoxy) is 2. The molecule has 1 heterocycles. The van der Waals surface area contributed by atoms with Crippen molar-refractivity contribution >= 4 is 5.78 Å². The highest BCUT2D eigenvalue weighted by Gasteiger charge is 2.35. The van der Waals surface area contributed by atoms with Crippen molar-refractivity contribution < 1.29 is 19.4 Å². The third-order valence-electron chi connectivity index (χ3n) is 4.56. The molecule has 0 spiro atoms. The number of carbonyl (C=O) groups excluding carboxylic acids is 1. The molecule has 1 aliphatic heterocycles. The highest BCUT2D eigenvalue weighted by molar-refractivity contribution is 6.03. The molecule has 0 saturated carbocycles. The summed E-state index contributed by atoms with van der Waals surface area (Å²) in [5, 5.41) is 10.2. The van der Waals surface area contributed by atoms with Gasteiger partial charge in [-0.3, -0.25) is 4.79 Å². The highest BCUT2D eigenvalue weighted by Crippen LogP contribution is 2.41. The van der Waals surface area contributed by atoms with E-state index in [1.807, 2.05) is 39.0 Å². The number of hydrogen-bond donors (Lipinski definition) is 1. The molecule has 0 fully saturated rings. The summed E-state index contributed by atoms with van der Waals surface area (Å²) < 4.78 is 11.8. The molecule has 4 nitrogen and oxygen atoms in total. The van der Waals surface area contributed by atoms with Gasteiger partial charge in [0.2, 0.25) is 0 Å². The summed E-state index contributed by atoms with van der Waals surface area (Å²) in [6.07, 6.45) is 3.19. The smallest absolute Gasteiger partial charge is 0.174 e. The van der Waals surface area contributed by atoms with Gasteiger partial charge in [0.1, 0.15) is 28.4 Å².